The third-order valence-corrected chi connectivity index (χ3v) is 5.29. The second kappa shape index (κ2) is 7.41. The van der Waals surface area contributed by atoms with E-state index in [1.54, 1.807) is 19.1 Å². The van der Waals surface area contributed by atoms with Crippen molar-refractivity contribution < 1.29 is 23.5 Å². The number of aromatic nitrogens is 1. The molecule has 1 saturated heterocycles. The zero-order valence-electron chi connectivity index (χ0n) is 14.7. The summed E-state index contributed by atoms with van der Waals surface area (Å²) in [6.45, 7) is 3.75. The lowest BCUT2D eigenvalue weighted by molar-refractivity contribution is -0.145. The van der Waals surface area contributed by atoms with Crippen LogP contribution in [0, 0.1) is 19.7 Å². The molecule has 1 aliphatic rings. The number of amides is 1. The Bertz CT molecular complexity index is 838. The summed E-state index contributed by atoms with van der Waals surface area (Å²) in [4.78, 5) is 31.3. The highest BCUT2D eigenvalue weighted by Crippen LogP contribution is 2.29. The lowest BCUT2D eigenvalue weighted by atomic mass is 10.2. The van der Waals surface area contributed by atoms with E-state index in [1.165, 1.54) is 35.5 Å². The number of benzene rings is 1. The van der Waals surface area contributed by atoms with Gasteiger partial charge in [0.1, 0.15) is 17.0 Å². The molecule has 1 fully saturated rings. The van der Waals surface area contributed by atoms with E-state index in [4.69, 9.17) is 9.47 Å². The number of aryl methyl sites for hydroxylation is 2. The summed E-state index contributed by atoms with van der Waals surface area (Å²) in [5.74, 6) is -1.19. The number of carbonyl (C=O) groups excluding carboxylic acids is 2. The molecule has 1 amide bonds. The van der Waals surface area contributed by atoms with Gasteiger partial charge in [-0.25, -0.2) is 14.2 Å². The van der Waals surface area contributed by atoms with Crippen molar-refractivity contribution in [1.82, 2.24) is 9.88 Å². The molecule has 26 heavy (non-hydrogen) atoms. The Hall–Kier alpha value is -2.48. The van der Waals surface area contributed by atoms with E-state index in [0.717, 1.165) is 5.01 Å². The number of para-hydroxylation sites is 1. The van der Waals surface area contributed by atoms with Crippen LogP contribution >= 0.6 is 11.3 Å². The number of carbonyl (C=O) groups is 2. The van der Waals surface area contributed by atoms with Crippen molar-refractivity contribution in [3.05, 3.63) is 45.7 Å². The van der Waals surface area contributed by atoms with Gasteiger partial charge >= 0.3 is 5.97 Å². The minimum absolute atomic E-state index is 0.0974. The Labute approximate surface area is 154 Å². The third-order valence-electron chi connectivity index (χ3n) is 4.22. The van der Waals surface area contributed by atoms with E-state index in [2.05, 4.69) is 4.98 Å². The first-order chi connectivity index (χ1) is 12.4. The number of thiazole rings is 1. The van der Waals surface area contributed by atoms with Crippen molar-refractivity contribution in [1.29, 1.82) is 0 Å². The first-order valence-electron chi connectivity index (χ1n) is 8.14. The normalized spacial score (nSPS) is 19.5. The second-order valence-corrected chi connectivity index (χ2v) is 7.25. The average Bonchev–Trinajstić information content (AvgIpc) is 3.18. The van der Waals surface area contributed by atoms with Gasteiger partial charge in [0.05, 0.1) is 24.4 Å². The van der Waals surface area contributed by atoms with Crippen LogP contribution in [0.3, 0.4) is 0 Å². The van der Waals surface area contributed by atoms with Crippen molar-refractivity contribution in [3.63, 3.8) is 0 Å². The fourth-order valence-electron chi connectivity index (χ4n) is 3.05. The lowest BCUT2D eigenvalue weighted by Crippen LogP contribution is -2.41. The maximum atomic E-state index is 13.8. The average molecular weight is 378 g/mol. The van der Waals surface area contributed by atoms with Crippen LogP contribution in [0.25, 0.3) is 0 Å². The van der Waals surface area contributed by atoms with Gasteiger partial charge in [-0.2, -0.15) is 0 Å². The molecule has 0 radical (unpaired) electrons. The van der Waals surface area contributed by atoms with Gasteiger partial charge in [0, 0.05) is 6.42 Å². The number of hydrogen-bond acceptors (Lipinski definition) is 6. The van der Waals surface area contributed by atoms with Crippen LogP contribution in [0.15, 0.2) is 24.3 Å². The molecule has 2 heterocycles. The fourth-order valence-corrected chi connectivity index (χ4v) is 3.92. The third kappa shape index (κ3) is 3.55. The van der Waals surface area contributed by atoms with Gasteiger partial charge < -0.3 is 14.4 Å². The van der Waals surface area contributed by atoms with Gasteiger partial charge in [-0.05, 0) is 26.0 Å². The van der Waals surface area contributed by atoms with Crippen LogP contribution in [0.2, 0.25) is 0 Å². The summed E-state index contributed by atoms with van der Waals surface area (Å²) >= 11 is 1.28. The Morgan fingerprint density at radius 3 is 2.65 bits per heavy atom. The van der Waals surface area contributed by atoms with Gasteiger partial charge in [-0.15, -0.1) is 11.3 Å². The summed E-state index contributed by atoms with van der Waals surface area (Å²) in [6.07, 6.45) is -0.266. The van der Waals surface area contributed by atoms with Crippen LogP contribution in [0.1, 0.15) is 26.8 Å². The SMILES string of the molecule is COC(=O)C1CC(Oc2ccccc2F)CN1C(=O)c1sc(C)nc1C. The van der Waals surface area contributed by atoms with Crippen LogP contribution in [-0.4, -0.2) is 47.6 Å². The van der Waals surface area contributed by atoms with Crippen LogP contribution in [0.5, 0.6) is 5.75 Å². The summed E-state index contributed by atoms with van der Waals surface area (Å²) in [6, 6.07) is 5.28. The smallest absolute Gasteiger partial charge is 0.328 e. The largest absolute Gasteiger partial charge is 0.485 e. The molecule has 0 spiro atoms. The van der Waals surface area contributed by atoms with Crippen molar-refractivity contribution >= 4 is 23.2 Å². The zero-order valence-corrected chi connectivity index (χ0v) is 15.5. The molecule has 0 aliphatic carbocycles. The minimum atomic E-state index is -0.772. The number of hydrogen-bond donors (Lipinski definition) is 0. The first kappa shape index (κ1) is 18.3. The molecule has 1 aromatic heterocycles. The molecule has 0 saturated carbocycles. The highest BCUT2D eigenvalue weighted by Gasteiger charge is 2.42. The van der Waals surface area contributed by atoms with Crippen LogP contribution < -0.4 is 4.74 Å². The number of ether oxygens (including phenoxy) is 2. The lowest BCUT2D eigenvalue weighted by Gasteiger charge is -2.21. The number of nitrogens with zero attached hydrogens (tertiary/aromatic N) is 2. The van der Waals surface area contributed by atoms with Crippen molar-refractivity contribution in [2.75, 3.05) is 13.7 Å². The predicted octanol–water partition coefficient (Wildman–Crippen LogP) is 2.73. The maximum absolute atomic E-state index is 13.8. The minimum Gasteiger partial charge on any atom is -0.485 e. The van der Waals surface area contributed by atoms with Gasteiger partial charge in [0.25, 0.3) is 5.91 Å². The summed E-state index contributed by atoms with van der Waals surface area (Å²) < 4.78 is 24.4. The Kier molecular flexibility index (Phi) is 5.22. The molecule has 6 nitrogen and oxygen atoms in total. The van der Waals surface area contributed by atoms with E-state index >= 15 is 0 Å². The highest BCUT2D eigenvalue weighted by atomic mass is 32.1. The Morgan fingerprint density at radius 1 is 1.31 bits per heavy atom. The van der Waals surface area contributed by atoms with Crippen LogP contribution in [-0.2, 0) is 9.53 Å². The quantitative estimate of drug-likeness (QED) is 0.765. The van der Waals surface area contributed by atoms with Gasteiger partial charge in [-0.3, -0.25) is 4.79 Å². The van der Waals surface area contributed by atoms with Gasteiger partial charge in [0.2, 0.25) is 0 Å². The highest BCUT2D eigenvalue weighted by molar-refractivity contribution is 7.13. The van der Waals surface area contributed by atoms with E-state index in [1.807, 2.05) is 6.92 Å². The molecular formula is C18H19FN2O4S. The molecule has 1 aromatic carbocycles. The monoisotopic (exact) mass is 378 g/mol. The molecule has 1 aliphatic heterocycles. The number of methoxy groups -OCH3 is 1. The molecule has 8 heteroatoms. The molecule has 138 valence electrons. The van der Waals surface area contributed by atoms with Crippen LogP contribution in [0.4, 0.5) is 4.39 Å². The number of rotatable bonds is 4. The predicted molar refractivity (Wildman–Crippen MR) is 93.9 cm³/mol. The summed E-state index contributed by atoms with van der Waals surface area (Å²) in [5.41, 5.74) is 0.625. The van der Waals surface area contributed by atoms with E-state index in [9.17, 15) is 14.0 Å². The summed E-state index contributed by atoms with van der Waals surface area (Å²) in [7, 11) is 1.28. The van der Waals surface area contributed by atoms with Crippen molar-refractivity contribution in [3.8, 4) is 5.75 Å². The maximum Gasteiger partial charge on any atom is 0.328 e. The fraction of sp³-hybridized carbons (Fsp3) is 0.389. The molecule has 2 unspecified atom stereocenters. The van der Waals surface area contributed by atoms with Gasteiger partial charge in [-0.1, -0.05) is 12.1 Å². The summed E-state index contributed by atoms with van der Waals surface area (Å²) in [5, 5.41) is 0.777. The topological polar surface area (TPSA) is 68.7 Å². The second-order valence-electron chi connectivity index (χ2n) is 6.05. The van der Waals surface area contributed by atoms with E-state index in [0.29, 0.717) is 10.6 Å². The number of likely N-dealkylation sites (tertiary alicyclic amines) is 1. The molecule has 3 rings (SSSR count). The van der Waals surface area contributed by atoms with E-state index in [-0.39, 0.29) is 24.6 Å². The standard InChI is InChI=1S/C18H19FN2O4S/c1-10-16(26-11(2)20-10)17(22)21-9-12(8-14(21)18(23)24-3)25-15-7-5-4-6-13(15)19/h4-7,12,14H,8-9H2,1-3H3. The molecule has 0 N–H and O–H groups in total. The Balaban J connectivity index is 1.83. The molecule has 2 atom stereocenters. The number of halogens is 1. The first-order valence-corrected chi connectivity index (χ1v) is 8.96. The van der Waals surface area contributed by atoms with E-state index < -0.39 is 23.9 Å². The molecule has 2 aromatic rings. The van der Waals surface area contributed by atoms with Crippen molar-refractivity contribution in [2.24, 2.45) is 0 Å². The Morgan fingerprint density at radius 2 is 2.04 bits per heavy atom. The zero-order chi connectivity index (χ0) is 18.8. The van der Waals surface area contributed by atoms with Crippen molar-refractivity contribution in [2.45, 2.75) is 32.4 Å². The number of esters is 1. The molecular weight excluding hydrogens is 359 g/mol. The molecule has 0 bridgehead atoms. The van der Waals surface area contributed by atoms with Gasteiger partial charge in [0.15, 0.2) is 11.6 Å².